The van der Waals surface area contributed by atoms with Gasteiger partial charge in [-0.1, -0.05) is 62.8 Å². The lowest BCUT2D eigenvalue weighted by Crippen LogP contribution is -2.49. The van der Waals surface area contributed by atoms with Gasteiger partial charge in [-0.05, 0) is 114 Å². The summed E-state index contributed by atoms with van der Waals surface area (Å²) in [6.07, 6.45) is 35.5. The van der Waals surface area contributed by atoms with E-state index in [-0.39, 0.29) is 0 Å². The number of hydrogen-bond acceptors (Lipinski definition) is 2. The molecule has 5 rings (SSSR count). The molecule has 0 radical (unpaired) electrons. The summed E-state index contributed by atoms with van der Waals surface area (Å²) >= 11 is 0. The molecule has 5 unspecified atom stereocenters. The predicted molar refractivity (Wildman–Crippen MR) is 148 cm³/mol. The van der Waals surface area contributed by atoms with Crippen LogP contribution in [0.1, 0.15) is 116 Å². The van der Waals surface area contributed by atoms with E-state index in [2.05, 4.69) is 34.1 Å². The molecule has 0 N–H and O–H groups in total. The van der Waals surface area contributed by atoms with Crippen molar-refractivity contribution < 1.29 is 0 Å². The minimum absolute atomic E-state index is 0.953. The highest BCUT2D eigenvalue weighted by Gasteiger charge is 2.38. The van der Waals surface area contributed by atoms with Crippen LogP contribution >= 0.6 is 0 Å². The SMILES string of the molecule is C1=C\CCN2CC[C@H]3C(CCCCCC/C=C\CCCCN4CC(CCCCCC/1)CC3C4)C2. The van der Waals surface area contributed by atoms with Gasteiger partial charge < -0.3 is 9.80 Å². The van der Waals surface area contributed by atoms with E-state index < -0.39 is 0 Å². The standard InChI is InChI=1S/C32H56N2/c1-2-5-10-14-18-23-34-26-29-19-15-11-7-4-6-9-13-17-22-33-24-21-32(31(25-29)28-34)30(27-33)20-16-12-8-3-1/h2,5,9,13,29-32H,1,3-4,6-8,10-12,14-28H2/b5-2-,13-9-/t29?,30?,31?,32-/m0/s1. The Morgan fingerprint density at radius 3 is 1.88 bits per heavy atom. The zero-order chi connectivity index (χ0) is 23.3. The second kappa shape index (κ2) is 15.5. The van der Waals surface area contributed by atoms with Crippen molar-refractivity contribution in [1.29, 1.82) is 0 Å². The lowest BCUT2D eigenvalue weighted by Gasteiger charge is -2.47. The smallest absolute Gasteiger partial charge is 0.00160 e. The van der Waals surface area contributed by atoms with Gasteiger partial charge in [0.15, 0.2) is 0 Å². The molecule has 34 heavy (non-hydrogen) atoms. The first-order chi connectivity index (χ1) is 16.9. The van der Waals surface area contributed by atoms with E-state index in [1.54, 1.807) is 6.42 Å². The van der Waals surface area contributed by atoms with Crippen molar-refractivity contribution in [1.82, 2.24) is 9.80 Å². The molecule has 6 atom stereocenters. The van der Waals surface area contributed by atoms with Gasteiger partial charge in [-0.15, -0.1) is 0 Å². The van der Waals surface area contributed by atoms with Crippen LogP contribution in [-0.2, 0) is 0 Å². The minimum Gasteiger partial charge on any atom is -0.303 e. The van der Waals surface area contributed by atoms with Gasteiger partial charge >= 0.3 is 0 Å². The summed E-state index contributed by atoms with van der Waals surface area (Å²) in [5, 5.41) is 0. The molecule has 0 aromatic heterocycles. The Morgan fingerprint density at radius 1 is 0.441 bits per heavy atom. The van der Waals surface area contributed by atoms with Crippen molar-refractivity contribution in [2.75, 3.05) is 39.3 Å². The number of hydrogen-bond donors (Lipinski definition) is 0. The Bertz CT molecular complexity index is 596. The highest BCUT2D eigenvalue weighted by Crippen LogP contribution is 2.40. The summed E-state index contributed by atoms with van der Waals surface area (Å²) in [5.74, 6) is 3.88. The molecule has 2 heteroatoms. The summed E-state index contributed by atoms with van der Waals surface area (Å²) in [6, 6.07) is 0. The number of piperidine rings is 2. The number of rotatable bonds is 0. The topological polar surface area (TPSA) is 6.48 Å². The van der Waals surface area contributed by atoms with Crippen LogP contribution in [0, 0.1) is 23.7 Å². The van der Waals surface area contributed by atoms with Crippen LogP contribution in [0.15, 0.2) is 24.3 Å². The molecule has 0 saturated carbocycles. The molecule has 0 amide bonds. The second-order valence-electron chi connectivity index (χ2n) is 12.3. The van der Waals surface area contributed by atoms with E-state index in [1.807, 2.05) is 0 Å². The number of allylic oxidation sites excluding steroid dienone is 3. The van der Waals surface area contributed by atoms with Crippen LogP contribution in [-0.4, -0.2) is 49.1 Å². The van der Waals surface area contributed by atoms with Crippen LogP contribution in [0.2, 0.25) is 0 Å². The fourth-order valence-electron chi connectivity index (χ4n) is 7.70. The summed E-state index contributed by atoms with van der Waals surface area (Å²) in [4.78, 5) is 5.77. The fourth-order valence-corrected chi connectivity index (χ4v) is 7.70. The van der Waals surface area contributed by atoms with Gasteiger partial charge in [0, 0.05) is 26.2 Å². The lowest BCUT2D eigenvalue weighted by molar-refractivity contribution is 0.0193. The number of nitrogens with zero attached hydrogens (tertiary/aromatic N) is 2. The Balaban J connectivity index is 1.47. The monoisotopic (exact) mass is 468 g/mol. The van der Waals surface area contributed by atoms with Crippen molar-refractivity contribution in [2.45, 2.75) is 116 Å². The Hall–Kier alpha value is -0.600. The first-order valence-electron chi connectivity index (χ1n) is 15.6. The molecule has 0 aromatic rings. The van der Waals surface area contributed by atoms with E-state index >= 15 is 0 Å². The molecule has 6 bridgehead atoms. The molecule has 2 saturated heterocycles. The fraction of sp³-hybridized carbons (Fsp3) is 0.875. The largest absolute Gasteiger partial charge is 0.303 e. The Morgan fingerprint density at radius 2 is 1.09 bits per heavy atom. The van der Waals surface area contributed by atoms with Gasteiger partial charge in [0.25, 0.3) is 0 Å². The van der Waals surface area contributed by atoms with Crippen LogP contribution in [0.3, 0.4) is 0 Å². The summed E-state index contributed by atoms with van der Waals surface area (Å²) in [7, 11) is 0. The molecule has 0 aliphatic carbocycles. The first kappa shape index (κ1) is 26.5. The van der Waals surface area contributed by atoms with Crippen LogP contribution in [0.4, 0.5) is 0 Å². The highest BCUT2D eigenvalue weighted by molar-refractivity contribution is 4.92. The predicted octanol–water partition coefficient (Wildman–Crippen LogP) is 8.24. The average molecular weight is 469 g/mol. The quantitative estimate of drug-likeness (QED) is 0.330. The lowest BCUT2D eigenvalue weighted by atomic mass is 9.69. The van der Waals surface area contributed by atoms with Crippen LogP contribution in [0.5, 0.6) is 0 Å². The van der Waals surface area contributed by atoms with Crippen molar-refractivity contribution in [3.63, 3.8) is 0 Å². The van der Waals surface area contributed by atoms with Crippen LogP contribution < -0.4 is 0 Å². The summed E-state index contributed by atoms with van der Waals surface area (Å²) < 4.78 is 0. The third kappa shape index (κ3) is 9.12. The highest BCUT2D eigenvalue weighted by atomic mass is 15.1. The van der Waals surface area contributed by atoms with Crippen molar-refractivity contribution in [3.8, 4) is 0 Å². The zero-order valence-corrected chi connectivity index (χ0v) is 22.5. The molecular weight excluding hydrogens is 412 g/mol. The van der Waals surface area contributed by atoms with E-state index in [0.717, 1.165) is 23.7 Å². The maximum Gasteiger partial charge on any atom is 0.00160 e. The zero-order valence-electron chi connectivity index (χ0n) is 22.5. The molecular formula is C32H56N2. The van der Waals surface area contributed by atoms with Gasteiger partial charge in [-0.3, -0.25) is 0 Å². The van der Waals surface area contributed by atoms with Gasteiger partial charge in [-0.25, -0.2) is 0 Å². The maximum absolute atomic E-state index is 2.93. The van der Waals surface area contributed by atoms with E-state index in [4.69, 9.17) is 0 Å². The Kier molecular flexibility index (Phi) is 12.1. The molecule has 5 aliphatic rings. The Labute approximate surface area is 212 Å². The third-order valence-electron chi connectivity index (χ3n) is 9.60. The second-order valence-corrected chi connectivity index (χ2v) is 12.3. The van der Waals surface area contributed by atoms with Crippen LogP contribution in [0.25, 0.3) is 0 Å². The summed E-state index contributed by atoms with van der Waals surface area (Å²) in [6.45, 7) is 8.22. The normalized spacial score (nSPS) is 39.8. The van der Waals surface area contributed by atoms with Gasteiger partial charge in [-0.2, -0.15) is 0 Å². The first-order valence-corrected chi connectivity index (χ1v) is 15.6. The molecule has 5 heterocycles. The van der Waals surface area contributed by atoms with Crippen molar-refractivity contribution in [3.05, 3.63) is 24.3 Å². The van der Waals surface area contributed by atoms with Gasteiger partial charge in [0.2, 0.25) is 0 Å². The molecule has 0 aromatic carbocycles. The summed E-state index contributed by atoms with van der Waals surface area (Å²) in [5.41, 5.74) is 0. The van der Waals surface area contributed by atoms with E-state index in [9.17, 15) is 0 Å². The molecule has 2 fully saturated rings. The average Bonchev–Trinajstić information content (AvgIpc) is 2.85. The van der Waals surface area contributed by atoms with E-state index in [0.29, 0.717) is 0 Å². The maximum atomic E-state index is 2.93. The van der Waals surface area contributed by atoms with Crippen molar-refractivity contribution >= 4 is 0 Å². The van der Waals surface area contributed by atoms with Gasteiger partial charge in [0.1, 0.15) is 0 Å². The molecule has 194 valence electrons. The van der Waals surface area contributed by atoms with Crippen molar-refractivity contribution in [2.24, 2.45) is 23.7 Å². The molecule has 2 nitrogen and oxygen atoms in total. The minimum atomic E-state index is 0.953. The van der Waals surface area contributed by atoms with Gasteiger partial charge in [0.05, 0.1) is 0 Å². The number of fused-ring (bicyclic) bond motifs is 10. The molecule has 5 aliphatic heterocycles. The molecule has 0 spiro atoms. The van der Waals surface area contributed by atoms with E-state index in [1.165, 1.54) is 148 Å². The third-order valence-corrected chi connectivity index (χ3v) is 9.60.